The van der Waals surface area contributed by atoms with Gasteiger partial charge in [0, 0.05) is 12.2 Å². The SMILES string of the molecule is CC(C)n1nccc1-c1nnc(NC(=O)c2cccs2)o1. The number of hydrogen-bond donors (Lipinski definition) is 1. The van der Waals surface area contributed by atoms with Gasteiger partial charge in [0.2, 0.25) is 0 Å². The zero-order valence-electron chi connectivity index (χ0n) is 11.5. The molecular weight excluding hydrogens is 290 g/mol. The zero-order valence-corrected chi connectivity index (χ0v) is 12.3. The molecule has 3 aromatic heterocycles. The molecule has 0 saturated carbocycles. The Balaban J connectivity index is 1.80. The number of rotatable bonds is 4. The van der Waals surface area contributed by atoms with Gasteiger partial charge in [0.25, 0.3) is 11.8 Å². The highest BCUT2D eigenvalue weighted by Crippen LogP contribution is 2.22. The molecule has 0 spiro atoms. The first-order valence-corrected chi connectivity index (χ1v) is 7.25. The summed E-state index contributed by atoms with van der Waals surface area (Å²) in [4.78, 5) is 12.5. The lowest BCUT2D eigenvalue weighted by Crippen LogP contribution is -2.10. The maximum atomic E-state index is 11.9. The second kappa shape index (κ2) is 5.49. The van der Waals surface area contributed by atoms with Gasteiger partial charge in [0.15, 0.2) is 0 Å². The summed E-state index contributed by atoms with van der Waals surface area (Å²) in [6, 6.07) is 5.56. The second-order valence-electron chi connectivity index (χ2n) is 4.60. The van der Waals surface area contributed by atoms with Gasteiger partial charge >= 0.3 is 6.01 Å². The maximum absolute atomic E-state index is 11.9. The van der Waals surface area contributed by atoms with Crippen molar-refractivity contribution in [1.82, 2.24) is 20.0 Å². The predicted octanol–water partition coefficient (Wildman–Crippen LogP) is 2.83. The molecular formula is C13H13N5O2S. The van der Waals surface area contributed by atoms with Crippen LogP contribution in [0, 0.1) is 0 Å². The van der Waals surface area contributed by atoms with Crippen molar-refractivity contribution in [3.63, 3.8) is 0 Å². The van der Waals surface area contributed by atoms with Crippen LogP contribution in [0.25, 0.3) is 11.6 Å². The standard InChI is InChI=1S/C13H13N5O2S/c1-8(2)18-9(5-6-14-18)12-16-17-13(20-12)15-11(19)10-4-3-7-21-10/h3-8H,1-2H3,(H,15,17,19). The minimum Gasteiger partial charge on any atom is -0.401 e. The van der Waals surface area contributed by atoms with Crippen LogP contribution in [-0.4, -0.2) is 25.9 Å². The maximum Gasteiger partial charge on any atom is 0.322 e. The van der Waals surface area contributed by atoms with Gasteiger partial charge in [-0.15, -0.1) is 16.4 Å². The van der Waals surface area contributed by atoms with Crippen molar-refractivity contribution in [3.05, 3.63) is 34.7 Å². The third-order valence-electron chi connectivity index (χ3n) is 2.77. The zero-order chi connectivity index (χ0) is 14.8. The molecule has 0 aliphatic heterocycles. The van der Waals surface area contributed by atoms with Crippen LogP contribution < -0.4 is 5.32 Å². The largest absolute Gasteiger partial charge is 0.401 e. The van der Waals surface area contributed by atoms with Crippen molar-refractivity contribution in [2.75, 3.05) is 5.32 Å². The number of nitrogens with one attached hydrogen (secondary N) is 1. The first-order valence-electron chi connectivity index (χ1n) is 6.37. The predicted molar refractivity (Wildman–Crippen MR) is 78.2 cm³/mol. The van der Waals surface area contributed by atoms with E-state index < -0.39 is 0 Å². The number of hydrogen-bond acceptors (Lipinski definition) is 6. The van der Waals surface area contributed by atoms with Crippen LogP contribution in [0.15, 0.2) is 34.2 Å². The van der Waals surface area contributed by atoms with E-state index in [4.69, 9.17) is 4.42 Å². The van der Waals surface area contributed by atoms with Crippen molar-refractivity contribution in [2.45, 2.75) is 19.9 Å². The molecule has 8 heteroatoms. The van der Waals surface area contributed by atoms with Gasteiger partial charge < -0.3 is 4.42 Å². The van der Waals surface area contributed by atoms with E-state index >= 15 is 0 Å². The highest BCUT2D eigenvalue weighted by molar-refractivity contribution is 7.12. The van der Waals surface area contributed by atoms with Gasteiger partial charge in [-0.1, -0.05) is 11.2 Å². The monoisotopic (exact) mass is 303 g/mol. The molecule has 3 aromatic rings. The number of nitrogens with zero attached hydrogens (tertiary/aromatic N) is 4. The Labute approximate surface area is 124 Å². The van der Waals surface area contributed by atoms with E-state index in [0.717, 1.165) is 0 Å². The van der Waals surface area contributed by atoms with Gasteiger partial charge in [0.05, 0.1) is 4.88 Å². The summed E-state index contributed by atoms with van der Waals surface area (Å²) in [5.74, 6) is 0.0558. The Morgan fingerprint density at radius 1 is 1.38 bits per heavy atom. The number of aromatic nitrogens is 4. The highest BCUT2D eigenvalue weighted by atomic mass is 32.1. The summed E-state index contributed by atoms with van der Waals surface area (Å²) in [5.41, 5.74) is 0.717. The summed E-state index contributed by atoms with van der Waals surface area (Å²) in [6.45, 7) is 4.01. The highest BCUT2D eigenvalue weighted by Gasteiger charge is 2.17. The lowest BCUT2D eigenvalue weighted by atomic mass is 10.3. The smallest absolute Gasteiger partial charge is 0.322 e. The fraction of sp³-hybridized carbons (Fsp3) is 0.231. The van der Waals surface area contributed by atoms with E-state index in [0.29, 0.717) is 16.5 Å². The van der Waals surface area contributed by atoms with Gasteiger partial charge in [-0.05, 0) is 31.4 Å². The minimum absolute atomic E-state index is 0.0694. The fourth-order valence-electron chi connectivity index (χ4n) is 1.84. The average Bonchev–Trinajstić information content (AvgIpc) is 3.19. The van der Waals surface area contributed by atoms with E-state index in [2.05, 4.69) is 20.6 Å². The summed E-state index contributed by atoms with van der Waals surface area (Å²) in [5, 5.41) is 16.4. The Kier molecular flexibility index (Phi) is 3.53. The first-order chi connectivity index (χ1) is 10.1. The molecule has 0 fully saturated rings. The van der Waals surface area contributed by atoms with Crippen LogP contribution in [0.3, 0.4) is 0 Å². The van der Waals surface area contributed by atoms with E-state index in [1.807, 2.05) is 19.2 Å². The molecule has 0 unspecified atom stereocenters. The van der Waals surface area contributed by atoms with Gasteiger partial charge in [0.1, 0.15) is 5.69 Å². The second-order valence-corrected chi connectivity index (χ2v) is 5.55. The summed E-state index contributed by atoms with van der Waals surface area (Å²) >= 11 is 1.35. The van der Waals surface area contributed by atoms with Crippen LogP contribution in [0.5, 0.6) is 0 Å². The number of thiophene rings is 1. The number of amides is 1. The van der Waals surface area contributed by atoms with Crippen LogP contribution in [0.4, 0.5) is 6.01 Å². The molecule has 7 nitrogen and oxygen atoms in total. The van der Waals surface area contributed by atoms with Gasteiger partial charge in [-0.3, -0.25) is 14.8 Å². The van der Waals surface area contributed by atoms with Crippen LogP contribution in [-0.2, 0) is 0 Å². The van der Waals surface area contributed by atoms with Gasteiger partial charge in [-0.25, -0.2) is 0 Å². The third-order valence-corrected chi connectivity index (χ3v) is 3.64. The minimum atomic E-state index is -0.266. The Morgan fingerprint density at radius 2 is 2.24 bits per heavy atom. The van der Waals surface area contributed by atoms with E-state index in [1.54, 1.807) is 29.1 Å². The topological polar surface area (TPSA) is 85.8 Å². The molecule has 3 rings (SSSR count). The van der Waals surface area contributed by atoms with Gasteiger partial charge in [-0.2, -0.15) is 5.10 Å². The van der Waals surface area contributed by atoms with E-state index in [9.17, 15) is 4.79 Å². The molecule has 108 valence electrons. The van der Waals surface area contributed by atoms with Crippen LogP contribution in [0.2, 0.25) is 0 Å². The molecule has 0 aliphatic rings. The molecule has 3 heterocycles. The molecule has 0 atom stereocenters. The summed E-state index contributed by atoms with van der Waals surface area (Å²) in [7, 11) is 0. The molecule has 1 amide bonds. The van der Waals surface area contributed by atoms with E-state index in [1.165, 1.54) is 11.3 Å². The molecule has 0 aromatic carbocycles. The summed E-state index contributed by atoms with van der Waals surface area (Å²) < 4.78 is 7.25. The molecule has 21 heavy (non-hydrogen) atoms. The first kappa shape index (κ1) is 13.5. The quantitative estimate of drug-likeness (QED) is 0.801. The number of carbonyl (C=O) groups excluding carboxylic acids is 1. The molecule has 0 aliphatic carbocycles. The Morgan fingerprint density at radius 3 is 2.95 bits per heavy atom. The van der Waals surface area contributed by atoms with Crippen molar-refractivity contribution in [3.8, 4) is 11.6 Å². The molecule has 0 radical (unpaired) electrons. The number of anilines is 1. The average molecular weight is 303 g/mol. The van der Waals surface area contributed by atoms with Crippen molar-refractivity contribution in [2.24, 2.45) is 0 Å². The lowest BCUT2D eigenvalue weighted by Gasteiger charge is -2.07. The number of carbonyl (C=O) groups is 1. The molecule has 0 saturated heterocycles. The normalized spacial score (nSPS) is 11.0. The third kappa shape index (κ3) is 2.70. The lowest BCUT2D eigenvalue weighted by molar-refractivity contribution is 0.102. The fourth-order valence-corrected chi connectivity index (χ4v) is 2.46. The molecule has 0 bridgehead atoms. The van der Waals surface area contributed by atoms with Crippen LogP contribution >= 0.6 is 11.3 Å². The van der Waals surface area contributed by atoms with Crippen molar-refractivity contribution >= 4 is 23.3 Å². The van der Waals surface area contributed by atoms with Crippen molar-refractivity contribution in [1.29, 1.82) is 0 Å². The van der Waals surface area contributed by atoms with Crippen LogP contribution in [0.1, 0.15) is 29.6 Å². The molecule has 1 N–H and O–H groups in total. The Bertz CT molecular complexity index is 744. The van der Waals surface area contributed by atoms with Crippen molar-refractivity contribution < 1.29 is 9.21 Å². The van der Waals surface area contributed by atoms with E-state index in [-0.39, 0.29) is 18.0 Å². The Hall–Kier alpha value is -2.48. The summed E-state index contributed by atoms with van der Waals surface area (Å²) in [6.07, 6.45) is 1.67.